The van der Waals surface area contributed by atoms with Gasteiger partial charge in [0.05, 0.1) is 40.3 Å². The van der Waals surface area contributed by atoms with E-state index in [1.807, 2.05) is 0 Å². The van der Waals surface area contributed by atoms with Crippen LogP contribution in [0.4, 0.5) is 0 Å². The average molecular weight is 734 g/mol. The molecule has 0 aliphatic heterocycles. The summed E-state index contributed by atoms with van der Waals surface area (Å²) in [5.74, 6) is -1.78. The van der Waals surface area contributed by atoms with Crippen molar-refractivity contribution in [2.45, 2.75) is 187 Å². The van der Waals surface area contributed by atoms with Gasteiger partial charge in [0.1, 0.15) is 12.6 Å². The Labute approximate surface area is 319 Å². The molecule has 0 aliphatic carbocycles. The molecule has 2 atom stereocenters. The first-order valence-corrected chi connectivity index (χ1v) is 21.0. The minimum atomic E-state index is -1.13. The molecule has 0 amide bonds. The van der Waals surface area contributed by atoms with Gasteiger partial charge in [-0.2, -0.15) is 0 Å². The van der Waals surface area contributed by atoms with Crippen molar-refractivity contribution in [3.8, 4) is 0 Å². The minimum absolute atomic E-state index is 0.0308. The number of nitrogens with zero attached hydrogens (tertiary/aromatic N) is 1. The molecule has 0 heterocycles. The van der Waals surface area contributed by atoms with Gasteiger partial charge >= 0.3 is 11.9 Å². The monoisotopic (exact) mass is 734 g/mol. The summed E-state index contributed by atoms with van der Waals surface area (Å²) in [6.07, 6.45) is 38.9. The first kappa shape index (κ1) is 49.6. The first-order chi connectivity index (χ1) is 25.1. The van der Waals surface area contributed by atoms with Gasteiger partial charge in [-0.3, -0.25) is 9.59 Å². The molecule has 0 radical (unpaired) electrons. The normalized spacial score (nSPS) is 13.3. The van der Waals surface area contributed by atoms with Gasteiger partial charge in [-0.05, 0) is 44.9 Å². The molecular formula is C44H79NO7. The standard InChI is InChI=1S/C44H79NO7/c1-6-8-10-12-14-16-18-20-21-22-23-25-27-29-31-33-35-43(47)52-40(38-50-37-36-41(44(48)49)45(3,4)5)39-51-42(46)34-32-30-28-26-24-19-17-15-13-11-9-7-2/h9,11,15,17,24,26,40-41H,6-8,10,12-14,16,18-23,25,27-39H2,1-5H3/b11-9+,17-15+,26-24+. The quantitative estimate of drug-likeness (QED) is 0.0271. The molecule has 8 heteroatoms. The summed E-state index contributed by atoms with van der Waals surface area (Å²) >= 11 is 0. The zero-order valence-corrected chi connectivity index (χ0v) is 34.2. The smallest absolute Gasteiger partial charge is 0.306 e. The molecule has 0 saturated carbocycles. The second-order valence-corrected chi connectivity index (χ2v) is 15.2. The Morgan fingerprint density at radius 3 is 1.60 bits per heavy atom. The predicted molar refractivity (Wildman–Crippen MR) is 213 cm³/mol. The van der Waals surface area contributed by atoms with Crippen LogP contribution in [0.25, 0.3) is 0 Å². The highest BCUT2D eigenvalue weighted by Gasteiger charge is 2.25. The summed E-state index contributed by atoms with van der Waals surface area (Å²) in [4.78, 5) is 36.7. The van der Waals surface area contributed by atoms with Gasteiger partial charge in [0.15, 0.2) is 6.10 Å². The molecule has 0 aliphatic rings. The van der Waals surface area contributed by atoms with Crippen LogP contribution in [0, 0.1) is 0 Å². The molecule has 0 aromatic carbocycles. The van der Waals surface area contributed by atoms with Crippen molar-refractivity contribution >= 4 is 17.9 Å². The maximum absolute atomic E-state index is 12.7. The molecule has 0 saturated heterocycles. The molecule has 8 nitrogen and oxygen atoms in total. The van der Waals surface area contributed by atoms with Crippen LogP contribution in [0.3, 0.4) is 0 Å². The lowest BCUT2D eigenvalue weighted by molar-refractivity contribution is -0.889. The van der Waals surface area contributed by atoms with Crippen LogP contribution in [-0.2, 0) is 28.6 Å². The molecule has 0 spiro atoms. The SMILES string of the molecule is CC/C=C/C/C=C/C/C=C/CCCCC(=O)OCC(COCCC(C(=O)[O-])[N+](C)(C)C)OC(=O)CCCCCCCCCCCCCCCCCC. The van der Waals surface area contributed by atoms with E-state index in [0.29, 0.717) is 12.8 Å². The Morgan fingerprint density at radius 2 is 1.08 bits per heavy atom. The van der Waals surface area contributed by atoms with Gasteiger partial charge in [0.2, 0.25) is 0 Å². The van der Waals surface area contributed by atoms with E-state index in [1.165, 1.54) is 83.5 Å². The number of allylic oxidation sites excluding steroid dienone is 6. The maximum atomic E-state index is 12.7. The Morgan fingerprint density at radius 1 is 0.596 bits per heavy atom. The highest BCUT2D eigenvalue weighted by Crippen LogP contribution is 2.15. The summed E-state index contributed by atoms with van der Waals surface area (Å²) in [5.41, 5.74) is 0. The molecule has 0 aromatic heterocycles. The fraction of sp³-hybridized carbons (Fsp3) is 0.795. The molecular weight excluding hydrogens is 654 g/mol. The molecule has 0 fully saturated rings. The third-order valence-corrected chi connectivity index (χ3v) is 9.29. The van der Waals surface area contributed by atoms with E-state index in [4.69, 9.17) is 14.2 Å². The largest absolute Gasteiger partial charge is 0.544 e. The van der Waals surface area contributed by atoms with Crippen molar-refractivity contribution in [1.29, 1.82) is 0 Å². The molecule has 2 unspecified atom stereocenters. The Bertz CT molecular complexity index is 953. The summed E-state index contributed by atoms with van der Waals surface area (Å²) in [6.45, 7) is 4.51. The lowest BCUT2D eigenvalue weighted by atomic mass is 10.0. The number of carbonyl (C=O) groups excluding carboxylic acids is 3. The van der Waals surface area contributed by atoms with Crippen LogP contribution in [-0.4, -0.2) is 75.5 Å². The van der Waals surface area contributed by atoms with E-state index >= 15 is 0 Å². The van der Waals surface area contributed by atoms with Gasteiger partial charge in [-0.25, -0.2) is 0 Å². The number of hydrogen-bond donors (Lipinski definition) is 0. The van der Waals surface area contributed by atoms with Gasteiger partial charge in [-0.1, -0.05) is 147 Å². The van der Waals surface area contributed by atoms with E-state index in [2.05, 4.69) is 50.3 Å². The highest BCUT2D eigenvalue weighted by atomic mass is 16.6. The zero-order valence-electron chi connectivity index (χ0n) is 34.2. The Hall–Kier alpha value is -2.45. The van der Waals surface area contributed by atoms with Gasteiger partial charge in [0.25, 0.3) is 0 Å². The van der Waals surface area contributed by atoms with Crippen molar-refractivity contribution in [2.24, 2.45) is 0 Å². The lowest BCUT2D eigenvalue weighted by Crippen LogP contribution is -2.55. The number of hydrogen-bond acceptors (Lipinski definition) is 7. The van der Waals surface area contributed by atoms with Crippen LogP contribution < -0.4 is 5.11 Å². The molecule has 0 rings (SSSR count). The van der Waals surface area contributed by atoms with Crippen molar-refractivity contribution in [3.63, 3.8) is 0 Å². The number of carboxylic acid groups (broad SMARTS) is 1. The summed E-state index contributed by atoms with van der Waals surface area (Å²) in [6, 6.07) is -0.729. The Balaban J connectivity index is 4.39. The number of aliphatic carboxylic acids is 1. The van der Waals surface area contributed by atoms with E-state index in [1.54, 1.807) is 21.1 Å². The Kier molecular flexibility index (Phi) is 33.9. The predicted octanol–water partition coefficient (Wildman–Crippen LogP) is 9.74. The van der Waals surface area contributed by atoms with E-state index in [0.717, 1.165) is 57.8 Å². The molecule has 0 N–H and O–H groups in total. The van der Waals surface area contributed by atoms with E-state index in [9.17, 15) is 19.5 Å². The molecule has 0 aromatic rings. The molecule has 52 heavy (non-hydrogen) atoms. The van der Waals surface area contributed by atoms with Crippen molar-refractivity contribution < 1.29 is 38.2 Å². The number of carbonyl (C=O) groups is 3. The fourth-order valence-corrected chi connectivity index (χ4v) is 6.03. The topological polar surface area (TPSA) is 102 Å². The van der Waals surface area contributed by atoms with E-state index in [-0.39, 0.29) is 42.7 Å². The number of carboxylic acids is 1. The molecule has 0 bridgehead atoms. The lowest BCUT2D eigenvalue weighted by Gasteiger charge is -2.34. The van der Waals surface area contributed by atoms with E-state index < -0.39 is 18.1 Å². The second-order valence-electron chi connectivity index (χ2n) is 15.2. The van der Waals surface area contributed by atoms with Gasteiger partial charge in [-0.15, -0.1) is 0 Å². The average Bonchev–Trinajstić information content (AvgIpc) is 3.09. The summed E-state index contributed by atoms with van der Waals surface area (Å²) in [5, 5.41) is 11.6. The number of quaternary nitrogens is 1. The molecule has 302 valence electrons. The summed E-state index contributed by atoms with van der Waals surface area (Å²) in [7, 11) is 5.39. The van der Waals surface area contributed by atoms with Gasteiger partial charge in [0, 0.05) is 19.3 Å². The number of esters is 2. The van der Waals surface area contributed by atoms with Crippen molar-refractivity contribution in [1.82, 2.24) is 0 Å². The minimum Gasteiger partial charge on any atom is -0.544 e. The maximum Gasteiger partial charge on any atom is 0.306 e. The van der Waals surface area contributed by atoms with Crippen LogP contribution in [0.15, 0.2) is 36.5 Å². The van der Waals surface area contributed by atoms with Crippen LogP contribution in [0.2, 0.25) is 0 Å². The second kappa shape index (κ2) is 35.6. The van der Waals surface area contributed by atoms with Crippen LogP contribution in [0.1, 0.15) is 174 Å². The zero-order chi connectivity index (χ0) is 38.5. The third kappa shape index (κ3) is 33.4. The number of unbranched alkanes of at least 4 members (excludes halogenated alkanes) is 17. The number of ether oxygens (including phenoxy) is 3. The van der Waals surface area contributed by atoms with Crippen molar-refractivity contribution in [3.05, 3.63) is 36.5 Å². The number of likely N-dealkylation sites (N-methyl/N-ethyl adjacent to an activating group) is 1. The number of rotatable bonds is 37. The first-order valence-electron chi connectivity index (χ1n) is 21.0. The van der Waals surface area contributed by atoms with Crippen LogP contribution >= 0.6 is 0 Å². The highest BCUT2D eigenvalue weighted by molar-refractivity contribution is 5.70. The van der Waals surface area contributed by atoms with Crippen molar-refractivity contribution in [2.75, 3.05) is 41.0 Å². The third-order valence-electron chi connectivity index (χ3n) is 9.29. The fourth-order valence-electron chi connectivity index (χ4n) is 6.03. The van der Waals surface area contributed by atoms with Gasteiger partial charge < -0.3 is 28.6 Å². The summed E-state index contributed by atoms with van der Waals surface area (Å²) < 4.78 is 17.1. The van der Waals surface area contributed by atoms with Crippen LogP contribution in [0.5, 0.6) is 0 Å².